The van der Waals surface area contributed by atoms with Gasteiger partial charge in [-0.1, -0.05) is 33.2 Å². The third-order valence-electron chi connectivity index (χ3n) is 3.26. The number of nitrogens with two attached hydrogens (primary N) is 1. The third-order valence-corrected chi connectivity index (χ3v) is 3.79. The Morgan fingerprint density at radius 1 is 1.28 bits per heavy atom. The zero-order valence-corrected chi connectivity index (χ0v) is 12.2. The molecule has 2 aromatic rings. The van der Waals surface area contributed by atoms with Crippen molar-refractivity contribution in [1.29, 1.82) is 0 Å². The van der Waals surface area contributed by atoms with Gasteiger partial charge < -0.3 is 10.3 Å². The van der Waals surface area contributed by atoms with Gasteiger partial charge >= 0.3 is 0 Å². The molecule has 0 spiro atoms. The van der Waals surface area contributed by atoms with E-state index in [1.54, 1.807) is 0 Å². The van der Waals surface area contributed by atoms with Gasteiger partial charge in [0.05, 0.1) is 5.69 Å². The Kier molecular flexibility index (Phi) is 4.19. The fraction of sp³-hybridized carbons (Fsp3) is 0.357. The molecule has 1 atom stereocenters. The topological polar surface area (TPSA) is 52.0 Å². The van der Waals surface area contributed by atoms with Crippen LogP contribution < -0.4 is 5.73 Å². The Hall–Kier alpha value is -1.13. The van der Waals surface area contributed by atoms with Gasteiger partial charge in [-0.15, -0.1) is 0 Å². The second-order valence-electron chi connectivity index (χ2n) is 4.49. The summed E-state index contributed by atoms with van der Waals surface area (Å²) in [5.41, 5.74) is 9.28. The summed E-state index contributed by atoms with van der Waals surface area (Å²) >= 11 is 3.44. The van der Waals surface area contributed by atoms with E-state index in [1.165, 1.54) is 11.1 Å². The Bertz CT molecular complexity index is 500. The molecule has 0 saturated carbocycles. The SMILES string of the molecule is Cc1noc(C)c1CC(CN)c1ccc(Br)cc1. The van der Waals surface area contributed by atoms with Crippen LogP contribution in [0.5, 0.6) is 0 Å². The second kappa shape index (κ2) is 5.67. The Morgan fingerprint density at radius 2 is 1.94 bits per heavy atom. The second-order valence-corrected chi connectivity index (χ2v) is 5.41. The van der Waals surface area contributed by atoms with Crippen molar-refractivity contribution >= 4 is 15.9 Å². The van der Waals surface area contributed by atoms with E-state index in [-0.39, 0.29) is 0 Å². The molecule has 2 rings (SSSR count). The van der Waals surface area contributed by atoms with Crippen molar-refractivity contribution in [2.45, 2.75) is 26.2 Å². The molecule has 0 bridgehead atoms. The number of nitrogens with zero attached hydrogens (tertiary/aromatic N) is 1. The van der Waals surface area contributed by atoms with Crippen molar-refractivity contribution in [2.75, 3.05) is 6.54 Å². The van der Waals surface area contributed by atoms with Crippen LogP contribution in [0.25, 0.3) is 0 Å². The number of halogens is 1. The fourth-order valence-electron chi connectivity index (χ4n) is 2.11. The summed E-state index contributed by atoms with van der Waals surface area (Å²) in [6, 6.07) is 8.32. The van der Waals surface area contributed by atoms with Gasteiger partial charge in [0.1, 0.15) is 5.76 Å². The monoisotopic (exact) mass is 308 g/mol. The highest BCUT2D eigenvalue weighted by molar-refractivity contribution is 9.10. The van der Waals surface area contributed by atoms with Crippen LogP contribution in [0.2, 0.25) is 0 Å². The number of aryl methyl sites for hydroxylation is 2. The van der Waals surface area contributed by atoms with Gasteiger partial charge in [0.25, 0.3) is 0 Å². The van der Waals surface area contributed by atoms with Gasteiger partial charge in [-0.25, -0.2) is 0 Å². The lowest BCUT2D eigenvalue weighted by molar-refractivity contribution is 0.392. The van der Waals surface area contributed by atoms with Crippen molar-refractivity contribution in [2.24, 2.45) is 5.73 Å². The van der Waals surface area contributed by atoms with Crippen LogP contribution in [0.3, 0.4) is 0 Å². The van der Waals surface area contributed by atoms with Crippen LogP contribution in [0.4, 0.5) is 0 Å². The third kappa shape index (κ3) is 2.82. The van der Waals surface area contributed by atoms with Gasteiger partial charge in [-0.3, -0.25) is 0 Å². The molecule has 0 aliphatic heterocycles. The van der Waals surface area contributed by atoms with Gasteiger partial charge in [0.2, 0.25) is 0 Å². The highest BCUT2D eigenvalue weighted by atomic mass is 79.9. The maximum absolute atomic E-state index is 5.90. The normalized spacial score (nSPS) is 12.7. The van der Waals surface area contributed by atoms with Gasteiger partial charge in [-0.05, 0) is 44.5 Å². The predicted molar refractivity (Wildman–Crippen MR) is 75.6 cm³/mol. The van der Waals surface area contributed by atoms with Crippen molar-refractivity contribution < 1.29 is 4.52 Å². The first kappa shape index (κ1) is 13.3. The van der Waals surface area contributed by atoms with Gasteiger partial charge in [-0.2, -0.15) is 0 Å². The summed E-state index contributed by atoms with van der Waals surface area (Å²) in [5.74, 6) is 1.19. The van der Waals surface area contributed by atoms with Crippen LogP contribution in [0.1, 0.15) is 28.5 Å². The van der Waals surface area contributed by atoms with Gasteiger partial charge in [0, 0.05) is 16.0 Å². The van der Waals surface area contributed by atoms with Crippen molar-refractivity contribution in [3.05, 3.63) is 51.3 Å². The van der Waals surface area contributed by atoms with Crippen LogP contribution in [0, 0.1) is 13.8 Å². The standard InChI is InChI=1S/C14H17BrN2O/c1-9-14(10(2)18-17-9)7-12(8-16)11-3-5-13(15)6-4-11/h3-6,12H,7-8,16H2,1-2H3. The molecule has 0 radical (unpaired) electrons. The van der Waals surface area contributed by atoms with E-state index in [2.05, 4.69) is 33.2 Å². The molecule has 2 N–H and O–H groups in total. The smallest absolute Gasteiger partial charge is 0.137 e. The van der Waals surface area contributed by atoms with Crippen molar-refractivity contribution in [3.63, 3.8) is 0 Å². The number of aromatic nitrogens is 1. The average molecular weight is 309 g/mol. The molecule has 4 heteroatoms. The minimum absolute atomic E-state index is 0.301. The summed E-state index contributed by atoms with van der Waals surface area (Å²) in [4.78, 5) is 0. The highest BCUT2D eigenvalue weighted by Gasteiger charge is 2.16. The minimum Gasteiger partial charge on any atom is -0.361 e. The lowest BCUT2D eigenvalue weighted by atomic mass is 9.91. The number of hydrogen-bond donors (Lipinski definition) is 1. The van der Waals surface area contributed by atoms with E-state index in [1.807, 2.05) is 26.0 Å². The molecule has 1 heterocycles. The Morgan fingerprint density at radius 3 is 2.44 bits per heavy atom. The molecule has 1 unspecified atom stereocenters. The van der Waals surface area contributed by atoms with Gasteiger partial charge in [0.15, 0.2) is 0 Å². The number of hydrogen-bond acceptors (Lipinski definition) is 3. The summed E-state index contributed by atoms with van der Waals surface area (Å²) in [7, 11) is 0. The zero-order valence-electron chi connectivity index (χ0n) is 10.6. The Balaban J connectivity index is 2.22. The predicted octanol–water partition coefficient (Wildman–Crippen LogP) is 3.34. The van der Waals surface area contributed by atoms with Crippen LogP contribution in [-0.2, 0) is 6.42 Å². The maximum Gasteiger partial charge on any atom is 0.137 e. The van der Waals surface area contributed by atoms with Crippen LogP contribution in [0.15, 0.2) is 33.3 Å². The molecule has 96 valence electrons. The molecule has 0 saturated heterocycles. The molecule has 18 heavy (non-hydrogen) atoms. The molecule has 3 nitrogen and oxygen atoms in total. The van der Waals surface area contributed by atoms with E-state index in [0.717, 1.165) is 22.3 Å². The first-order chi connectivity index (χ1) is 8.61. The number of rotatable bonds is 4. The van der Waals surface area contributed by atoms with E-state index >= 15 is 0 Å². The number of benzene rings is 1. The van der Waals surface area contributed by atoms with Crippen molar-refractivity contribution in [1.82, 2.24) is 5.16 Å². The summed E-state index contributed by atoms with van der Waals surface area (Å²) in [5, 5.41) is 3.99. The lowest BCUT2D eigenvalue weighted by Gasteiger charge is -2.15. The van der Waals surface area contributed by atoms with E-state index in [4.69, 9.17) is 10.3 Å². The molecule has 1 aromatic heterocycles. The van der Waals surface area contributed by atoms with E-state index in [9.17, 15) is 0 Å². The first-order valence-corrected chi connectivity index (χ1v) is 6.78. The fourth-order valence-corrected chi connectivity index (χ4v) is 2.38. The lowest BCUT2D eigenvalue weighted by Crippen LogP contribution is -2.15. The highest BCUT2D eigenvalue weighted by Crippen LogP contribution is 2.25. The maximum atomic E-state index is 5.90. The average Bonchev–Trinajstić information content (AvgIpc) is 2.68. The minimum atomic E-state index is 0.301. The molecule has 0 amide bonds. The molecule has 0 aliphatic rings. The first-order valence-electron chi connectivity index (χ1n) is 5.99. The molecular weight excluding hydrogens is 292 g/mol. The molecule has 1 aromatic carbocycles. The molecular formula is C14H17BrN2O. The van der Waals surface area contributed by atoms with Crippen LogP contribution in [-0.4, -0.2) is 11.7 Å². The zero-order chi connectivity index (χ0) is 13.1. The Labute approximate surface area is 115 Å². The molecule has 0 aliphatic carbocycles. The summed E-state index contributed by atoms with van der Waals surface area (Å²) in [6.07, 6.45) is 0.874. The summed E-state index contributed by atoms with van der Waals surface area (Å²) in [6.45, 7) is 4.54. The van der Waals surface area contributed by atoms with Crippen LogP contribution >= 0.6 is 15.9 Å². The molecule has 0 fully saturated rings. The van der Waals surface area contributed by atoms with Crippen molar-refractivity contribution in [3.8, 4) is 0 Å². The van der Waals surface area contributed by atoms with E-state index in [0.29, 0.717) is 12.5 Å². The summed E-state index contributed by atoms with van der Waals surface area (Å²) < 4.78 is 6.28. The van der Waals surface area contributed by atoms with E-state index < -0.39 is 0 Å². The quantitative estimate of drug-likeness (QED) is 0.942. The largest absolute Gasteiger partial charge is 0.361 e.